The van der Waals surface area contributed by atoms with E-state index in [1.54, 1.807) is 0 Å². The minimum Gasteiger partial charge on any atom is -0.462 e. The van der Waals surface area contributed by atoms with Crippen molar-refractivity contribution in [2.24, 2.45) is 0 Å². The highest BCUT2D eigenvalue weighted by molar-refractivity contribution is 9.10. The van der Waals surface area contributed by atoms with Gasteiger partial charge in [0.15, 0.2) is 0 Å². The van der Waals surface area contributed by atoms with Gasteiger partial charge in [0.2, 0.25) is 0 Å². The van der Waals surface area contributed by atoms with Crippen LogP contribution in [0.5, 0.6) is 0 Å². The van der Waals surface area contributed by atoms with Gasteiger partial charge in [0.05, 0.1) is 21.9 Å². The fourth-order valence-electron chi connectivity index (χ4n) is 2.19. The van der Waals surface area contributed by atoms with Gasteiger partial charge in [-0.2, -0.15) is 5.10 Å². The number of piperidine rings is 1. The number of nitrogens with zero attached hydrogens (tertiary/aromatic N) is 2. The summed E-state index contributed by atoms with van der Waals surface area (Å²) in [5.41, 5.74) is 2.04. The van der Waals surface area contributed by atoms with Gasteiger partial charge in [-0.25, -0.2) is 0 Å². The summed E-state index contributed by atoms with van der Waals surface area (Å²) in [4.78, 5) is 9.60. The first-order valence-electron chi connectivity index (χ1n) is 7.29. The summed E-state index contributed by atoms with van der Waals surface area (Å²) in [6, 6.07) is 0.584. The standard InChI is InChI=1S/C10H16BrN3.C5H10O2/c1-7-10(11)8(2)14(13-7)9-3-5-12-6-4-9;1-5(2,3)7-4-6/h9,12H,3-6H2,1-2H3;4H,1-3H3. The maximum absolute atomic E-state index is 9.60. The number of nitrogens with one attached hydrogen (secondary N) is 1. The van der Waals surface area contributed by atoms with E-state index in [2.05, 4.69) is 49.6 Å². The van der Waals surface area contributed by atoms with Gasteiger partial charge < -0.3 is 10.1 Å². The molecule has 2 rings (SSSR count). The summed E-state index contributed by atoms with van der Waals surface area (Å²) in [5.74, 6) is 0. The Bertz CT molecular complexity index is 460. The van der Waals surface area contributed by atoms with Crippen molar-refractivity contribution < 1.29 is 9.53 Å². The molecular weight excluding hydrogens is 334 g/mol. The second-order valence-electron chi connectivity index (χ2n) is 6.24. The Balaban J connectivity index is 0.000000270. The molecule has 1 N–H and O–H groups in total. The van der Waals surface area contributed by atoms with Gasteiger partial charge in [-0.3, -0.25) is 9.48 Å². The molecular formula is C15H26BrN3O2. The Morgan fingerprint density at radius 1 is 1.33 bits per heavy atom. The smallest absolute Gasteiger partial charge is 0.293 e. The van der Waals surface area contributed by atoms with Crippen LogP contribution in [0.15, 0.2) is 4.47 Å². The predicted octanol–water partition coefficient (Wildman–Crippen LogP) is 3.14. The third-order valence-corrected chi connectivity index (χ3v) is 4.44. The molecule has 0 unspecified atom stereocenters. The van der Waals surface area contributed by atoms with Crippen molar-refractivity contribution in [1.82, 2.24) is 15.1 Å². The number of halogens is 1. The molecule has 0 aromatic carbocycles. The van der Waals surface area contributed by atoms with E-state index in [0.717, 1.165) is 23.3 Å². The van der Waals surface area contributed by atoms with E-state index in [9.17, 15) is 4.79 Å². The zero-order chi connectivity index (χ0) is 16.0. The molecule has 1 aliphatic heterocycles. The lowest BCUT2D eigenvalue weighted by Crippen LogP contribution is -2.30. The highest BCUT2D eigenvalue weighted by Crippen LogP contribution is 2.26. The van der Waals surface area contributed by atoms with E-state index in [0.29, 0.717) is 12.5 Å². The molecule has 1 saturated heterocycles. The number of hydrogen-bond donors (Lipinski definition) is 1. The van der Waals surface area contributed by atoms with Gasteiger partial charge in [0.25, 0.3) is 6.47 Å². The van der Waals surface area contributed by atoms with Gasteiger partial charge in [-0.05, 0) is 76.5 Å². The topological polar surface area (TPSA) is 56.1 Å². The summed E-state index contributed by atoms with van der Waals surface area (Å²) < 4.78 is 7.89. The Morgan fingerprint density at radius 2 is 1.90 bits per heavy atom. The lowest BCUT2D eigenvalue weighted by molar-refractivity contribution is -0.138. The Hall–Kier alpha value is -0.880. The number of hydrogen-bond acceptors (Lipinski definition) is 4. The lowest BCUT2D eigenvalue weighted by Gasteiger charge is -2.24. The number of ether oxygens (including phenoxy) is 1. The molecule has 5 nitrogen and oxygen atoms in total. The van der Waals surface area contributed by atoms with E-state index in [1.807, 2.05) is 20.8 Å². The van der Waals surface area contributed by atoms with E-state index in [1.165, 1.54) is 18.5 Å². The zero-order valence-electron chi connectivity index (χ0n) is 13.6. The van der Waals surface area contributed by atoms with Crippen LogP contribution in [0.1, 0.15) is 51.0 Å². The van der Waals surface area contributed by atoms with E-state index < -0.39 is 0 Å². The molecule has 0 bridgehead atoms. The fraction of sp³-hybridized carbons (Fsp3) is 0.733. The predicted molar refractivity (Wildman–Crippen MR) is 87.4 cm³/mol. The molecule has 120 valence electrons. The monoisotopic (exact) mass is 359 g/mol. The first kappa shape index (κ1) is 18.2. The van der Waals surface area contributed by atoms with Crippen LogP contribution in [-0.2, 0) is 9.53 Å². The maximum atomic E-state index is 9.60. The van der Waals surface area contributed by atoms with Gasteiger partial charge in [-0.1, -0.05) is 0 Å². The molecule has 6 heteroatoms. The van der Waals surface area contributed by atoms with Crippen molar-refractivity contribution in [3.8, 4) is 0 Å². The van der Waals surface area contributed by atoms with Crippen molar-refractivity contribution in [3.63, 3.8) is 0 Å². The third-order valence-electron chi connectivity index (χ3n) is 3.29. The number of carbonyl (C=O) groups is 1. The third kappa shape index (κ3) is 5.79. The molecule has 2 heterocycles. The first-order valence-corrected chi connectivity index (χ1v) is 8.09. The van der Waals surface area contributed by atoms with Crippen LogP contribution in [-0.4, -0.2) is 34.9 Å². The number of aryl methyl sites for hydroxylation is 1. The first-order chi connectivity index (χ1) is 9.76. The molecule has 0 amide bonds. The van der Waals surface area contributed by atoms with Crippen molar-refractivity contribution >= 4 is 22.4 Å². The SMILES string of the molecule is CC(C)(C)OC=O.Cc1nn(C2CCNCC2)c(C)c1Br. The fourth-order valence-corrected chi connectivity index (χ4v) is 2.45. The van der Waals surface area contributed by atoms with Gasteiger partial charge >= 0.3 is 0 Å². The zero-order valence-corrected chi connectivity index (χ0v) is 15.2. The molecule has 0 radical (unpaired) electrons. The van der Waals surface area contributed by atoms with Crippen LogP contribution in [0, 0.1) is 13.8 Å². The quantitative estimate of drug-likeness (QED) is 0.824. The average molecular weight is 360 g/mol. The van der Waals surface area contributed by atoms with E-state index in [4.69, 9.17) is 0 Å². The van der Waals surface area contributed by atoms with Crippen LogP contribution in [0.25, 0.3) is 0 Å². The molecule has 21 heavy (non-hydrogen) atoms. The van der Waals surface area contributed by atoms with Crippen molar-refractivity contribution in [2.45, 2.75) is 59.1 Å². The summed E-state index contributed by atoms with van der Waals surface area (Å²) in [6.45, 7) is 12.3. The van der Waals surface area contributed by atoms with Gasteiger partial charge in [0.1, 0.15) is 5.60 Å². The second kappa shape index (κ2) is 7.94. The van der Waals surface area contributed by atoms with Crippen molar-refractivity contribution in [1.29, 1.82) is 0 Å². The minimum absolute atomic E-state index is 0.318. The van der Waals surface area contributed by atoms with E-state index in [-0.39, 0.29) is 5.60 Å². The summed E-state index contributed by atoms with van der Waals surface area (Å²) >= 11 is 3.57. The normalized spacial score (nSPS) is 16.1. The molecule has 0 spiro atoms. The molecule has 1 fully saturated rings. The second-order valence-corrected chi connectivity index (χ2v) is 7.03. The Kier molecular flexibility index (Phi) is 6.87. The number of carbonyl (C=O) groups excluding carboxylic acids is 1. The largest absolute Gasteiger partial charge is 0.462 e. The summed E-state index contributed by atoms with van der Waals surface area (Å²) in [5, 5.41) is 7.95. The Morgan fingerprint density at radius 3 is 2.24 bits per heavy atom. The summed E-state index contributed by atoms with van der Waals surface area (Å²) in [7, 11) is 0. The maximum Gasteiger partial charge on any atom is 0.293 e. The van der Waals surface area contributed by atoms with Crippen LogP contribution in [0.3, 0.4) is 0 Å². The Labute approximate surface area is 135 Å². The van der Waals surface area contributed by atoms with E-state index >= 15 is 0 Å². The molecule has 1 aromatic rings. The molecule has 1 aromatic heterocycles. The van der Waals surface area contributed by atoms with Gasteiger partial charge in [-0.15, -0.1) is 0 Å². The highest BCUT2D eigenvalue weighted by Gasteiger charge is 2.19. The summed E-state index contributed by atoms with van der Waals surface area (Å²) in [6.07, 6.45) is 2.38. The number of rotatable bonds is 2. The molecule has 1 aliphatic rings. The molecule has 0 saturated carbocycles. The van der Waals surface area contributed by atoms with Crippen LogP contribution >= 0.6 is 15.9 Å². The molecule has 0 atom stereocenters. The molecule has 0 aliphatic carbocycles. The average Bonchev–Trinajstić information content (AvgIpc) is 2.67. The minimum atomic E-state index is -0.318. The van der Waals surface area contributed by atoms with Crippen molar-refractivity contribution in [3.05, 3.63) is 15.9 Å². The van der Waals surface area contributed by atoms with Crippen molar-refractivity contribution in [2.75, 3.05) is 13.1 Å². The van der Waals surface area contributed by atoms with Crippen LogP contribution < -0.4 is 5.32 Å². The highest BCUT2D eigenvalue weighted by atomic mass is 79.9. The number of aromatic nitrogens is 2. The lowest BCUT2D eigenvalue weighted by atomic mass is 10.1. The van der Waals surface area contributed by atoms with Gasteiger partial charge in [0, 0.05) is 0 Å². The van der Waals surface area contributed by atoms with Crippen LogP contribution in [0.4, 0.5) is 0 Å². The van der Waals surface area contributed by atoms with Crippen LogP contribution in [0.2, 0.25) is 0 Å².